The molecule has 2 saturated heterocycles. The number of anilines is 1. The minimum absolute atomic E-state index is 0.210. The smallest absolute Gasteiger partial charge is 0.222 e. The van der Waals surface area contributed by atoms with Crippen LogP contribution in [0.1, 0.15) is 46.0 Å². The first kappa shape index (κ1) is 24.8. The molecular formula is C30H39FN4O. The van der Waals surface area contributed by atoms with Gasteiger partial charge in [-0.15, -0.1) is 0 Å². The van der Waals surface area contributed by atoms with Gasteiger partial charge in [0.25, 0.3) is 0 Å². The number of halogens is 1. The number of benzene rings is 2. The van der Waals surface area contributed by atoms with Crippen LogP contribution in [0.5, 0.6) is 0 Å². The molecule has 0 atom stereocenters. The Morgan fingerprint density at radius 3 is 2.53 bits per heavy atom. The molecule has 3 heterocycles. The van der Waals surface area contributed by atoms with Crippen LogP contribution in [0.4, 0.5) is 10.1 Å². The van der Waals surface area contributed by atoms with E-state index in [4.69, 9.17) is 0 Å². The average Bonchev–Trinajstić information content (AvgIpc) is 3.32. The normalized spacial score (nSPS) is 17.9. The Hall–Kier alpha value is -2.86. The van der Waals surface area contributed by atoms with Crippen LogP contribution in [0.3, 0.4) is 0 Å². The van der Waals surface area contributed by atoms with Gasteiger partial charge >= 0.3 is 0 Å². The maximum absolute atomic E-state index is 13.6. The molecule has 36 heavy (non-hydrogen) atoms. The molecule has 2 aliphatic heterocycles. The van der Waals surface area contributed by atoms with E-state index in [0.717, 1.165) is 74.3 Å². The van der Waals surface area contributed by atoms with Gasteiger partial charge in [-0.05, 0) is 87.4 Å². The molecule has 1 amide bonds. The van der Waals surface area contributed by atoms with E-state index >= 15 is 0 Å². The number of carbonyl (C=O) groups excluding carboxylic acids is 1. The number of nitrogens with one attached hydrogen (secondary N) is 1. The quantitative estimate of drug-likeness (QED) is 0.448. The molecule has 1 aromatic heterocycles. The fourth-order valence-corrected chi connectivity index (χ4v) is 5.80. The number of hydrogen-bond donors (Lipinski definition) is 1. The second-order valence-electron chi connectivity index (χ2n) is 10.8. The van der Waals surface area contributed by atoms with Crippen LogP contribution in [0.25, 0.3) is 22.2 Å². The Bertz CT molecular complexity index is 1170. The highest BCUT2D eigenvalue weighted by molar-refractivity contribution is 5.86. The third-order valence-electron chi connectivity index (χ3n) is 8.12. The van der Waals surface area contributed by atoms with Crippen LogP contribution in [-0.2, 0) is 4.79 Å². The van der Waals surface area contributed by atoms with Crippen molar-refractivity contribution in [2.75, 3.05) is 44.2 Å². The number of aromatic nitrogens is 1. The molecule has 6 heteroatoms. The Labute approximate surface area is 214 Å². The molecule has 2 aliphatic rings. The van der Waals surface area contributed by atoms with Crippen molar-refractivity contribution in [3.8, 4) is 11.3 Å². The van der Waals surface area contributed by atoms with Crippen LogP contribution >= 0.6 is 0 Å². The maximum Gasteiger partial charge on any atom is 0.222 e. The van der Waals surface area contributed by atoms with Gasteiger partial charge in [0.1, 0.15) is 5.82 Å². The Kier molecular flexibility index (Phi) is 7.61. The fourth-order valence-electron chi connectivity index (χ4n) is 5.80. The highest BCUT2D eigenvalue weighted by atomic mass is 19.1. The van der Waals surface area contributed by atoms with E-state index in [1.54, 1.807) is 12.1 Å². The van der Waals surface area contributed by atoms with Gasteiger partial charge < -0.3 is 14.8 Å². The predicted molar refractivity (Wildman–Crippen MR) is 146 cm³/mol. The minimum Gasteiger partial charge on any atom is -0.371 e. The molecule has 192 valence electrons. The van der Waals surface area contributed by atoms with Crippen molar-refractivity contribution >= 4 is 22.5 Å². The molecule has 2 aromatic carbocycles. The van der Waals surface area contributed by atoms with E-state index < -0.39 is 0 Å². The average molecular weight is 491 g/mol. The van der Waals surface area contributed by atoms with Crippen LogP contribution in [0, 0.1) is 11.7 Å². The summed E-state index contributed by atoms with van der Waals surface area (Å²) in [4.78, 5) is 23.1. The number of aromatic amines is 1. The van der Waals surface area contributed by atoms with Gasteiger partial charge in [0, 0.05) is 74.0 Å². The van der Waals surface area contributed by atoms with Crippen LogP contribution < -0.4 is 4.90 Å². The first-order valence-corrected chi connectivity index (χ1v) is 13.6. The summed E-state index contributed by atoms with van der Waals surface area (Å²) in [6, 6.07) is 16.1. The summed E-state index contributed by atoms with van der Waals surface area (Å²) in [6.07, 6.45) is 5.20. The summed E-state index contributed by atoms with van der Waals surface area (Å²) in [5.74, 6) is 0.838. The molecule has 5 nitrogen and oxygen atoms in total. The van der Waals surface area contributed by atoms with Crippen molar-refractivity contribution in [2.45, 2.75) is 52.0 Å². The zero-order chi connectivity index (χ0) is 25.1. The topological polar surface area (TPSA) is 42.6 Å². The number of H-pyrrole nitrogens is 1. The molecule has 5 rings (SSSR count). The number of piperidine rings is 1. The zero-order valence-corrected chi connectivity index (χ0v) is 21.7. The molecule has 0 unspecified atom stereocenters. The molecule has 3 aromatic rings. The molecule has 0 aliphatic carbocycles. The van der Waals surface area contributed by atoms with Crippen molar-refractivity contribution < 1.29 is 9.18 Å². The Morgan fingerprint density at radius 1 is 1.00 bits per heavy atom. The van der Waals surface area contributed by atoms with E-state index in [1.807, 2.05) is 6.07 Å². The molecule has 0 bridgehead atoms. The van der Waals surface area contributed by atoms with E-state index in [1.165, 1.54) is 24.6 Å². The van der Waals surface area contributed by atoms with Gasteiger partial charge in [0.2, 0.25) is 5.91 Å². The summed E-state index contributed by atoms with van der Waals surface area (Å²) < 4.78 is 13.6. The van der Waals surface area contributed by atoms with Gasteiger partial charge in [-0.25, -0.2) is 4.39 Å². The summed E-state index contributed by atoms with van der Waals surface area (Å²) in [5.41, 5.74) is 4.34. The highest BCUT2D eigenvalue weighted by Gasteiger charge is 2.23. The van der Waals surface area contributed by atoms with Crippen molar-refractivity contribution in [3.05, 3.63) is 54.3 Å². The van der Waals surface area contributed by atoms with Crippen molar-refractivity contribution in [2.24, 2.45) is 5.92 Å². The van der Waals surface area contributed by atoms with Crippen LogP contribution in [0.2, 0.25) is 0 Å². The SMILES string of the molecule is CC(C)N1CCN(C(=O)CCCC2CCN(c3cccc(-c4cc5cc(F)ccc5[nH]4)c3)CC2)CC1. The lowest BCUT2D eigenvalue weighted by molar-refractivity contribution is -0.133. The molecule has 0 radical (unpaired) electrons. The lowest BCUT2D eigenvalue weighted by Crippen LogP contribution is -2.50. The van der Waals surface area contributed by atoms with Crippen molar-refractivity contribution in [1.82, 2.24) is 14.8 Å². The Morgan fingerprint density at radius 2 is 1.78 bits per heavy atom. The maximum atomic E-state index is 13.6. The Balaban J connectivity index is 1.09. The third-order valence-corrected chi connectivity index (χ3v) is 8.12. The summed E-state index contributed by atoms with van der Waals surface area (Å²) >= 11 is 0. The van der Waals surface area contributed by atoms with E-state index in [-0.39, 0.29) is 5.82 Å². The standard InChI is InChI=1S/C30H39FN4O/c1-22(2)33-15-17-35(18-16-33)30(36)8-3-5-23-11-13-34(14-12-23)27-7-4-6-24(20-27)29-21-25-19-26(31)9-10-28(25)32-29/h4,6-7,9-10,19-23,32H,3,5,8,11-18H2,1-2H3. The number of nitrogens with zero attached hydrogens (tertiary/aromatic N) is 3. The van der Waals surface area contributed by atoms with E-state index in [0.29, 0.717) is 24.3 Å². The molecule has 0 saturated carbocycles. The zero-order valence-electron chi connectivity index (χ0n) is 21.7. The van der Waals surface area contributed by atoms with Crippen molar-refractivity contribution in [1.29, 1.82) is 0 Å². The van der Waals surface area contributed by atoms with E-state index in [9.17, 15) is 9.18 Å². The summed E-state index contributed by atoms with van der Waals surface area (Å²) in [6.45, 7) is 10.3. The van der Waals surface area contributed by atoms with Gasteiger partial charge in [0.15, 0.2) is 0 Å². The third kappa shape index (κ3) is 5.75. The highest BCUT2D eigenvalue weighted by Crippen LogP contribution is 2.31. The van der Waals surface area contributed by atoms with Crippen LogP contribution in [-0.4, -0.2) is 66.0 Å². The monoisotopic (exact) mass is 490 g/mol. The molecular weight excluding hydrogens is 451 g/mol. The predicted octanol–water partition coefficient (Wildman–Crippen LogP) is 5.91. The largest absolute Gasteiger partial charge is 0.371 e. The minimum atomic E-state index is -0.210. The second kappa shape index (κ2) is 11.0. The second-order valence-corrected chi connectivity index (χ2v) is 10.8. The summed E-state index contributed by atoms with van der Waals surface area (Å²) in [7, 11) is 0. The molecule has 0 spiro atoms. The number of amides is 1. The molecule has 2 fully saturated rings. The lowest BCUT2D eigenvalue weighted by atomic mass is 9.91. The molecule has 1 N–H and O–H groups in total. The first-order chi connectivity index (χ1) is 17.5. The number of fused-ring (bicyclic) bond motifs is 1. The van der Waals surface area contributed by atoms with Gasteiger partial charge in [-0.3, -0.25) is 9.69 Å². The number of rotatable bonds is 7. The number of carbonyl (C=O) groups is 1. The number of piperazine rings is 1. The lowest BCUT2D eigenvalue weighted by Gasteiger charge is -2.37. The first-order valence-electron chi connectivity index (χ1n) is 13.6. The van der Waals surface area contributed by atoms with Gasteiger partial charge in [-0.1, -0.05) is 12.1 Å². The number of hydrogen-bond acceptors (Lipinski definition) is 3. The van der Waals surface area contributed by atoms with Gasteiger partial charge in [-0.2, -0.15) is 0 Å². The summed E-state index contributed by atoms with van der Waals surface area (Å²) in [5, 5.41) is 0.896. The van der Waals surface area contributed by atoms with Gasteiger partial charge in [0.05, 0.1) is 0 Å². The van der Waals surface area contributed by atoms with Crippen molar-refractivity contribution in [3.63, 3.8) is 0 Å². The van der Waals surface area contributed by atoms with Crippen LogP contribution in [0.15, 0.2) is 48.5 Å². The van der Waals surface area contributed by atoms with E-state index in [2.05, 4.69) is 57.8 Å². The fraction of sp³-hybridized carbons (Fsp3) is 0.500.